The van der Waals surface area contributed by atoms with E-state index >= 15 is 0 Å². The lowest BCUT2D eigenvalue weighted by molar-refractivity contribution is 0.0461. The van der Waals surface area contributed by atoms with Gasteiger partial charge in [-0.2, -0.15) is 5.10 Å². The van der Waals surface area contributed by atoms with E-state index in [0.717, 1.165) is 11.6 Å². The van der Waals surface area contributed by atoms with E-state index in [0.29, 0.717) is 5.69 Å². The maximum Gasteiger partial charge on any atom is 0.356 e. The number of hydrogen-bond acceptors (Lipinski definition) is 3. The molecule has 0 bridgehead atoms. The molecule has 0 atom stereocenters. The molecular weight excluding hydrogens is 302 g/mol. The molecule has 1 heterocycles. The number of benzene rings is 2. The van der Waals surface area contributed by atoms with Crippen LogP contribution in [0.2, 0.25) is 0 Å². The van der Waals surface area contributed by atoms with Crippen LogP contribution in [-0.4, -0.2) is 16.2 Å². The molecule has 0 radical (unpaired) electrons. The van der Waals surface area contributed by atoms with E-state index in [2.05, 4.69) is 10.2 Å². The van der Waals surface area contributed by atoms with Crippen LogP contribution in [0.1, 0.15) is 16.1 Å². The van der Waals surface area contributed by atoms with Crippen LogP contribution in [0.25, 0.3) is 11.3 Å². The SMILES string of the molecule is O=C(OCc1cccc(F)c1F)c1cc(-c2ccccc2)n[nH]1. The van der Waals surface area contributed by atoms with Crippen molar-refractivity contribution in [1.29, 1.82) is 0 Å². The van der Waals surface area contributed by atoms with Gasteiger partial charge in [-0.05, 0) is 12.1 Å². The first-order valence-electron chi connectivity index (χ1n) is 6.86. The van der Waals surface area contributed by atoms with Crippen LogP contribution in [0.3, 0.4) is 0 Å². The lowest BCUT2D eigenvalue weighted by atomic mass is 10.1. The molecule has 116 valence electrons. The van der Waals surface area contributed by atoms with Crippen molar-refractivity contribution < 1.29 is 18.3 Å². The lowest BCUT2D eigenvalue weighted by Gasteiger charge is -2.04. The first kappa shape index (κ1) is 14.9. The number of H-pyrrole nitrogens is 1. The Kier molecular flexibility index (Phi) is 4.14. The number of hydrogen-bond donors (Lipinski definition) is 1. The Morgan fingerprint density at radius 3 is 2.65 bits per heavy atom. The van der Waals surface area contributed by atoms with Gasteiger partial charge in [0.1, 0.15) is 12.3 Å². The van der Waals surface area contributed by atoms with Gasteiger partial charge in [0.15, 0.2) is 11.6 Å². The molecule has 0 aliphatic heterocycles. The molecule has 0 amide bonds. The molecule has 0 aliphatic carbocycles. The molecule has 6 heteroatoms. The second kappa shape index (κ2) is 6.39. The van der Waals surface area contributed by atoms with Crippen molar-refractivity contribution in [2.75, 3.05) is 0 Å². The molecule has 23 heavy (non-hydrogen) atoms. The average Bonchev–Trinajstić information content (AvgIpc) is 3.07. The summed E-state index contributed by atoms with van der Waals surface area (Å²) < 4.78 is 31.6. The van der Waals surface area contributed by atoms with Crippen LogP contribution in [-0.2, 0) is 11.3 Å². The van der Waals surface area contributed by atoms with Gasteiger partial charge in [-0.15, -0.1) is 0 Å². The summed E-state index contributed by atoms with van der Waals surface area (Å²) in [5.41, 5.74) is 1.55. The molecule has 0 saturated heterocycles. The minimum Gasteiger partial charge on any atom is -0.456 e. The van der Waals surface area contributed by atoms with Crippen LogP contribution < -0.4 is 0 Å². The number of rotatable bonds is 4. The minimum absolute atomic E-state index is 0.0267. The quantitative estimate of drug-likeness (QED) is 0.747. The van der Waals surface area contributed by atoms with Crippen LogP contribution in [0.5, 0.6) is 0 Å². The number of aromatic nitrogens is 2. The molecule has 2 aromatic carbocycles. The fourth-order valence-corrected chi connectivity index (χ4v) is 2.06. The molecule has 0 fully saturated rings. The molecule has 0 unspecified atom stereocenters. The summed E-state index contributed by atoms with van der Waals surface area (Å²) >= 11 is 0. The molecule has 1 N–H and O–H groups in total. The normalized spacial score (nSPS) is 10.5. The molecular formula is C17H12F2N2O2. The lowest BCUT2D eigenvalue weighted by Crippen LogP contribution is -2.07. The average molecular weight is 314 g/mol. The van der Waals surface area contributed by atoms with Gasteiger partial charge in [-0.3, -0.25) is 5.10 Å². The van der Waals surface area contributed by atoms with Gasteiger partial charge in [0, 0.05) is 11.1 Å². The molecule has 0 aliphatic rings. The van der Waals surface area contributed by atoms with E-state index in [1.165, 1.54) is 12.1 Å². The summed E-state index contributed by atoms with van der Waals surface area (Å²) in [4.78, 5) is 11.9. The van der Waals surface area contributed by atoms with E-state index < -0.39 is 17.6 Å². The second-order valence-corrected chi connectivity index (χ2v) is 4.82. The Bertz CT molecular complexity index is 832. The van der Waals surface area contributed by atoms with Crippen molar-refractivity contribution in [1.82, 2.24) is 10.2 Å². The van der Waals surface area contributed by atoms with Crippen LogP contribution in [0, 0.1) is 11.6 Å². The summed E-state index contributed by atoms with van der Waals surface area (Å²) in [6, 6.07) is 14.5. The maximum atomic E-state index is 13.5. The molecule has 0 saturated carbocycles. The number of carbonyl (C=O) groups is 1. The number of nitrogens with zero attached hydrogens (tertiary/aromatic N) is 1. The fourth-order valence-electron chi connectivity index (χ4n) is 2.06. The third-order valence-electron chi connectivity index (χ3n) is 3.26. The number of halogens is 2. The number of carbonyl (C=O) groups excluding carboxylic acids is 1. The Morgan fingerprint density at radius 1 is 1.09 bits per heavy atom. The molecule has 1 aromatic heterocycles. The van der Waals surface area contributed by atoms with Crippen molar-refractivity contribution in [3.63, 3.8) is 0 Å². The highest BCUT2D eigenvalue weighted by Gasteiger charge is 2.14. The van der Waals surface area contributed by atoms with Gasteiger partial charge < -0.3 is 4.74 Å². The summed E-state index contributed by atoms with van der Waals surface area (Å²) in [5.74, 6) is -2.69. The van der Waals surface area contributed by atoms with E-state index in [1.54, 1.807) is 6.07 Å². The zero-order chi connectivity index (χ0) is 16.2. The zero-order valence-electron chi connectivity index (χ0n) is 11.9. The van der Waals surface area contributed by atoms with Crippen LogP contribution in [0.4, 0.5) is 8.78 Å². The third kappa shape index (κ3) is 3.26. The maximum absolute atomic E-state index is 13.5. The van der Waals surface area contributed by atoms with E-state index in [-0.39, 0.29) is 17.9 Å². The standard InChI is InChI=1S/C17H12F2N2O2/c18-13-8-4-7-12(16(13)19)10-23-17(22)15-9-14(20-21-15)11-5-2-1-3-6-11/h1-9H,10H2,(H,20,21). The molecule has 4 nitrogen and oxygen atoms in total. The second-order valence-electron chi connectivity index (χ2n) is 4.82. The van der Waals surface area contributed by atoms with E-state index in [1.807, 2.05) is 30.3 Å². The predicted molar refractivity (Wildman–Crippen MR) is 79.5 cm³/mol. The van der Waals surface area contributed by atoms with Crippen molar-refractivity contribution in [2.24, 2.45) is 0 Å². The Balaban J connectivity index is 1.70. The minimum atomic E-state index is -1.02. The number of nitrogens with one attached hydrogen (secondary N) is 1. The monoisotopic (exact) mass is 314 g/mol. The number of ether oxygens (including phenoxy) is 1. The number of aromatic amines is 1. The molecule has 0 spiro atoms. The van der Waals surface area contributed by atoms with Crippen molar-refractivity contribution in [3.05, 3.63) is 77.5 Å². The molecule has 3 rings (SSSR count). The first-order valence-corrected chi connectivity index (χ1v) is 6.86. The fraction of sp³-hybridized carbons (Fsp3) is 0.0588. The van der Waals surface area contributed by atoms with Gasteiger partial charge in [-0.1, -0.05) is 42.5 Å². The highest BCUT2D eigenvalue weighted by atomic mass is 19.2. The Hall–Kier alpha value is -3.02. The summed E-state index contributed by atoms with van der Waals surface area (Å²) in [7, 11) is 0. The van der Waals surface area contributed by atoms with Crippen LogP contribution >= 0.6 is 0 Å². The Morgan fingerprint density at radius 2 is 1.87 bits per heavy atom. The Labute approximate surface area is 130 Å². The van der Waals surface area contributed by atoms with Crippen molar-refractivity contribution >= 4 is 5.97 Å². The van der Waals surface area contributed by atoms with Gasteiger partial charge in [0.25, 0.3) is 0 Å². The topological polar surface area (TPSA) is 55.0 Å². The van der Waals surface area contributed by atoms with Gasteiger partial charge >= 0.3 is 5.97 Å². The van der Waals surface area contributed by atoms with Crippen molar-refractivity contribution in [2.45, 2.75) is 6.61 Å². The van der Waals surface area contributed by atoms with Crippen LogP contribution in [0.15, 0.2) is 54.6 Å². The first-order chi connectivity index (χ1) is 11.1. The van der Waals surface area contributed by atoms with Crippen molar-refractivity contribution in [3.8, 4) is 11.3 Å². The van der Waals surface area contributed by atoms with Gasteiger partial charge in [0.2, 0.25) is 0 Å². The summed E-state index contributed by atoms with van der Waals surface area (Å²) in [5, 5.41) is 6.61. The zero-order valence-corrected chi connectivity index (χ0v) is 11.9. The van der Waals surface area contributed by atoms with E-state index in [9.17, 15) is 13.6 Å². The van der Waals surface area contributed by atoms with E-state index in [4.69, 9.17) is 4.74 Å². The molecule has 3 aromatic rings. The van der Waals surface area contributed by atoms with Gasteiger partial charge in [0.05, 0.1) is 5.69 Å². The summed E-state index contributed by atoms with van der Waals surface area (Å²) in [6.07, 6.45) is 0. The largest absolute Gasteiger partial charge is 0.456 e. The third-order valence-corrected chi connectivity index (χ3v) is 3.26. The predicted octanol–water partition coefficient (Wildman–Crippen LogP) is 3.71. The highest BCUT2D eigenvalue weighted by Crippen LogP contribution is 2.18. The number of esters is 1. The smallest absolute Gasteiger partial charge is 0.356 e. The highest BCUT2D eigenvalue weighted by molar-refractivity contribution is 5.88. The summed E-state index contributed by atoms with van der Waals surface area (Å²) in [6.45, 7) is -0.359. The van der Waals surface area contributed by atoms with Gasteiger partial charge in [-0.25, -0.2) is 13.6 Å².